The second-order valence-electron chi connectivity index (χ2n) is 6.32. The van der Waals surface area contributed by atoms with Crippen LogP contribution in [-0.2, 0) is 11.0 Å². The molecule has 3 rings (SSSR count). The highest BCUT2D eigenvalue weighted by Gasteiger charge is 2.33. The maximum absolute atomic E-state index is 12.9. The fraction of sp³-hybridized carbons (Fsp3) is 0.333. The highest BCUT2D eigenvalue weighted by Crippen LogP contribution is 2.36. The number of benzene rings is 1. The van der Waals surface area contributed by atoms with Crippen molar-refractivity contribution >= 4 is 40.4 Å². The van der Waals surface area contributed by atoms with E-state index < -0.39 is 22.7 Å². The van der Waals surface area contributed by atoms with Gasteiger partial charge in [0.1, 0.15) is 0 Å². The van der Waals surface area contributed by atoms with Gasteiger partial charge in [0.15, 0.2) is 0 Å². The highest BCUT2D eigenvalue weighted by atomic mass is 35.5. The Bertz CT molecular complexity index is 850. The summed E-state index contributed by atoms with van der Waals surface area (Å²) in [5.74, 6) is -0.459. The van der Waals surface area contributed by atoms with Gasteiger partial charge in [-0.3, -0.25) is 14.5 Å². The van der Waals surface area contributed by atoms with E-state index in [-0.39, 0.29) is 18.1 Å². The van der Waals surface area contributed by atoms with Gasteiger partial charge in [-0.1, -0.05) is 11.6 Å². The summed E-state index contributed by atoms with van der Waals surface area (Å²) in [7, 11) is 0. The minimum absolute atomic E-state index is 0.0322. The Morgan fingerprint density at radius 1 is 1.14 bits per heavy atom. The minimum Gasteiger partial charge on any atom is -0.336 e. The lowest BCUT2D eigenvalue weighted by Gasteiger charge is -2.34. The Labute approximate surface area is 168 Å². The number of halogens is 4. The van der Waals surface area contributed by atoms with E-state index in [1.807, 2.05) is 10.3 Å². The molecule has 2 amide bonds. The Morgan fingerprint density at radius 2 is 1.86 bits per heavy atom. The molecule has 1 saturated heterocycles. The number of hydrogen-bond acceptors (Lipinski definition) is 4. The molecule has 150 valence electrons. The molecule has 0 saturated carbocycles. The smallest absolute Gasteiger partial charge is 0.336 e. The van der Waals surface area contributed by atoms with Gasteiger partial charge in [-0.25, -0.2) is 0 Å². The van der Waals surface area contributed by atoms with Crippen LogP contribution in [-0.4, -0.2) is 54.3 Å². The SMILES string of the molecule is O=C(CN1CCN(C(=O)c2ccsc2)CC1)Nc1ccc(Cl)c(C(F)(F)F)c1. The van der Waals surface area contributed by atoms with Gasteiger partial charge in [0.25, 0.3) is 5.91 Å². The van der Waals surface area contributed by atoms with Crippen molar-refractivity contribution in [2.45, 2.75) is 6.18 Å². The molecule has 1 aromatic heterocycles. The number of thiophene rings is 1. The normalized spacial score (nSPS) is 15.5. The van der Waals surface area contributed by atoms with Crippen molar-refractivity contribution in [3.63, 3.8) is 0 Å². The first-order chi connectivity index (χ1) is 13.2. The Balaban J connectivity index is 1.52. The number of alkyl halides is 3. The van der Waals surface area contributed by atoms with Crippen LogP contribution in [0.5, 0.6) is 0 Å². The number of hydrogen-bond donors (Lipinski definition) is 1. The summed E-state index contributed by atoms with van der Waals surface area (Å²) in [6, 6.07) is 5.02. The summed E-state index contributed by atoms with van der Waals surface area (Å²) < 4.78 is 38.7. The number of carbonyl (C=O) groups is 2. The molecule has 0 radical (unpaired) electrons. The first-order valence-electron chi connectivity index (χ1n) is 8.44. The van der Waals surface area contributed by atoms with Crippen LogP contribution < -0.4 is 5.32 Å². The Kier molecular flexibility index (Phi) is 6.26. The summed E-state index contributed by atoms with van der Waals surface area (Å²) in [5, 5.41) is 5.68. The molecule has 10 heteroatoms. The molecule has 0 unspecified atom stereocenters. The quantitative estimate of drug-likeness (QED) is 0.800. The molecule has 0 aliphatic carbocycles. The lowest BCUT2D eigenvalue weighted by Crippen LogP contribution is -2.50. The molecule has 5 nitrogen and oxygen atoms in total. The predicted molar refractivity (Wildman–Crippen MR) is 102 cm³/mol. The van der Waals surface area contributed by atoms with Gasteiger partial charge in [-0.15, -0.1) is 0 Å². The minimum atomic E-state index is -4.59. The van der Waals surface area contributed by atoms with Crippen LogP contribution in [0, 0.1) is 0 Å². The third-order valence-corrected chi connectivity index (χ3v) is 5.36. The summed E-state index contributed by atoms with van der Waals surface area (Å²) in [5.41, 5.74) is -0.306. The van der Waals surface area contributed by atoms with Gasteiger partial charge >= 0.3 is 6.18 Å². The molecule has 1 N–H and O–H groups in total. The molecule has 2 heterocycles. The van der Waals surface area contributed by atoms with Crippen molar-refractivity contribution in [2.24, 2.45) is 0 Å². The molecule has 0 bridgehead atoms. The van der Waals surface area contributed by atoms with Gasteiger partial charge in [0.2, 0.25) is 5.91 Å². The van der Waals surface area contributed by atoms with Crippen LogP contribution in [0.15, 0.2) is 35.0 Å². The number of rotatable bonds is 4. The fourth-order valence-corrected chi connectivity index (χ4v) is 3.76. The Hall–Kier alpha value is -2.10. The zero-order valence-electron chi connectivity index (χ0n) is 14.6. The van der Waals surface area contributed by atoms with Crippen LogP contribution in [0.3, 0.4) is 0 Å². The van der Waals surface area contributed by atoms with E-state index in [0.717, 1.165) is 12.1 Å². The monoisotopic (exact) mass is 431 g/mol. The number of nitrogens with one attached hydrogen (secondary N) is 1. The van der Waals surface area contributed by atoms with Crippen molar-refractivity contribution in [3.05, 3.63) is 51.2 Å². The maximum Gasteiger partial charge on any atom is 0.417 e. The molecule has 28 heavy (non-hydrogen) atoms. The van der Waals surface area contributed by atoms with Gasteiger partial charge in [-0.05, 0) is 29.6 Å². The lowest BCUT2D eigenvalue weighted by atomic mass is 10.2. The van der Waals surface area contributed by atoms with Crippen LogP contribution in [0.1, 0.15) is 15.9 Å². The third kappa shape index (κ3) is 5.03. The number of carbonyl (C=O) groups excluding carboxylic acids is 2. The summed E-state index contributed by atoms with van der Waals surface area (Å²) in [4.78, 5) is 28.1. The zero-order chi connectivity index (χ0) is 20.3. The van der Waals surface area contributed by atoms with Gasteiger partial charge in [-0.2, -0.15) is 24.5 Å². The van der Waals surface area contributed by atoms with E-state index in [1.54, 1.807) is 16.3 Å². The summed E-state index contributed by atoms with van der Waals surface area (Å²) in [6.45, 7) is 2.03. The maximum atomic E-state index is 12.9. The average molecular weight is 432 g/mol. The Morgan fingerprint density at radius 3 is 2.46 bits per heavy atom. The number of piperazine rings is 1. The summed E-state index contributed by atoms with van der Waals surface area (Å²) >= 11 is 7.03. The lowest BCUT2D eigenvalue weighted by molar-refractivity contribution is -0.137. The van der Waals surface area contributed by atoms with Crippen LogP contribution in [0.25, 0.3) is 0 Å². The first-order valence-corrected chi connectivity index (χ1v) is 9.76. The predicted octanol–water partition coefficient (Wildman–Crippen LogP) is 3.82. The average Bonchev–Trinajstić information content (AvgIpc) is 3.17. The van der Waals surface area contributed by atoms with E-state index >= 15 is 0 Å². The van der Waals surface area contributed by atoms with Crippen molar-refractivity contribution in [1.82, 2.24) is 9.80 Å². The molecule has 1 aliphatic rings. The van der Waals surface area contributed by atoms with E-state index in [9.17, 15) is 22.8 Å². The van der Waals surface area contributed by atoms with Gasteiger partial charge in [0, 0.05) is 37.2 Å². The van der Waals surface area contributed by atoms with Crippen molar-refractivity contribution in [2.75, 3.05) is 38.0 Å². The van der Waals surface area contributed by atoms with E-state index in [0.29, 0.717) is 31.7 Å². The van der Waals surface area contributed by atoms with E-state index in [1.165, 1.54) is 17.4 Å². The standard InChI is InChI=1S/C18H17ClF3N3O2S/c19-15-2-1-13(9-14(15)18(20,21)22)23-16(26)10-24-4-6-25(7-5-24)17(27)12-3-8-28-11-12/h1-3,8-9,11H,4-7,10H2,(H,23,26). The van der Waals surface area contributed by atoms with Crippen LogP contribution in [0.2, 0.25) is 5.02 Å². The van der Waals surface area contributed by atoms with Crippen LogP contribution >= 0.6 is 22.9 Å². The van der Waals surface area contributed by atoms with Gasteiger partial charge < -0.3 is 10.2 Å². The van der Waals surface area contributed by atoms with Gasteiger partial charge in [0.05, 0.1) is 22.7 Å². The molecule has 1 aliphatic heterocycles. The van der Waals surface area contributed by atoms with Crippen molar-refractivity contribution in [1.29, 1.82) is 0 Å². The van der Waals surface area contributed by atoms with E-state index in [4.69, 9.17) is 11.6 Å². The highest BCUT2D eigenvalue weighted by molar-refractivity contribution is 7.08. The zero-order valence-corrected chi connectivity index (χ0v) is 16.2. The first kappa shape index (κ1) is 20.6. The van der Waals surface area contributed by atoms with Crippen LogP contribution in [0.4, 0.5) is 18.9 Å². The molecule has 0 atom stereocenters. The van der Waals surface area contributed by atoms with E-state index in [2.05, 4.69) is 5.32 Å². The third-order valence-electron chi connectivity index (χ3n) is 4.35. The second kappa shape index (κ2) is 8.50. The van der Waals surface area contributed by atoms with Crippen molar-refractivity contribution < 1.29 is 22.8 Å². The molecule has 0 spiro atoms. The molecule has 1 aromatic carbocycles. The second-order valence-corrected chi connectivity index (χ2v) is 7.51. The molecular formula is C18H17ClF3N3O2S. The number of nitrogens with zero attached hydrogens (tertiary/aromatic N) is 2. The largest absolute Gasteiger partial charge is 0.417 e. The molecule has 2 aromatic rings. The van der Waals surface area contributed by atoms with Crippen molar-refractivity contribution in [3.8, 4) is 0 Å². The fourth-order valence-electron chi connectivity index (χ4n) is 2.90. The molecular weight excluding hydrogens is 415 g/mol. The molecule has 1 fully saturated rings. The summed E-state index contributed by atoms with van der Waals surface area (Å²) in [6.07, 6.45) is -4.59. The number of amides is 2. The number of anilines is 1. The topological polar surface area (TPSA) is 52.7 Å².